The summed E-state index contributed by atoms with van der Waals surface area (Å²) in [5, 5.41) is 8.90. The Hall–Kier alpha value is -1.55. The molecule has 0 amide bonds. The molecule has 4 heteroatoms. The predicted octanol–water partition coefficient (Wildman–Crippen LogP) is 3.52. The molecular formula is C17H27NO3. The first kappa shape index (κ1) is 17.5. The summed E-state index contributed by atoms with van der Waals surface area (Å²) in [7, 11) is 4.14. The summed E-state index contributed by atoms with van der Waals surface area (Å²) in [6, 6.07) is 6.65. The monoisotopic (exact) mass is 293 g/mol. The number of nitrogens with zero attached hydrogens (tertiary/aromatic N) is 1. The number of ether oxygens (including phenoxy) is 1. The number of carbonyl (C=O) groups is 1. The van der Waals surface area contributed by atoms with Crippen molar-refractivity contribution < 1.29 is 14.6 Å². The van der Waals surface area contributed by atoms with Gasteiger partial charge in [0.1, 0.15) is 5.75 Å². The lowest BCUT2D eigenvalue weighted by atomic mass is 10.0. The number of carboxylic acids is 1. The van der Waals surface area contributed by atoms with Crippen LogP contribution in [0.4, 0.5) is 0 Å². The fraction of sp³-hybridized carbons (Fsp3) is 0.588. The normalized spacial score (nSPS) is 12.7. The lowest BCUT2D eigenvalue weighted by molar-refractivity contribution is 0.0697. The van der Waals surface area contributed by atoms with Gasteiger partial charge in [-0.15, -0.1) is 0 Å². The highest BCUT2D eigenvalue weighted by molar-refractivity contribution is 5.87. The number of hydrogen-bond donors (Lipinski definition) is 1. The van der Waals surface area contributed by atoms with Gasteiger partial charge in [-0.1, -0.05) is 13.8 Å². The molecule has 0 radical (unpaired) electrons. The Bertz CT molecular complexity index is 426. The Morgan fingerprint density at radius 1 is 1.24 bits per heavy atom. The lowest BCUT2D eigenvalue weighted by Gasteiger charge is -2.22. The Morgan fingerprint density at radius 2 is 1.86 bits per heavy atom. The van der Waals surface area contributed by atoms with Crippen molar-refractivity contribution >= 4 is 5.97 Å². The summed E-state index contributed by atoms with van der Waals surface area (Å²) in [4.78, 5) is 13.0. The van der Waals surface area contributed by atoms with Gasteiger partial charge in [-0.3, -0.25) is 0 Å². The van der Waals surface area contributed by atoms with E-state index in [-0.39, 0.29) is 11.7 Å². The van der Waals surface area contributed by atoms with Crippen LogP contribution in [0.5, 0.6) is 5.75 Å². The van der Waals surface area contributed by atoms with Gasteiger partial charge in [-0.2, -0.15) is 0 Å². The van der Waals surface area contributed by atoms with E-state index in [1.165, 1.54) is 0 Å². The number of carboxylic acid groups (broad SMARTS) is 1. The number of aromatic carboxylic acids is 1. The van der Waals surface area contributed by atoms with Gasteiger partial charge in [-0.25, -0.2) is 4.79 Å². The molecule has 21 heavy (non-hydrogen) atoms. The van der Waals surface area contributed by atoms with Crippen LogP contribution in [-0.4, -0.2) is 42.7 Å². The third kappa shape index (κ3) is 7.14. The summed E-state index contributed by atoms with van der Waals surface area (Å²) < 4.78 is 6.03. The molecule has 0 heterocycles. The molecule has 1 aromatic carbocycles. The summed E-state index contributed by atoms with van der Waals surface area (Å²) in [5.41, 5.74) is 0.287. The lowest BCUT2D eigenvalue weighted by Crippen LogP contribution is -2.22. The van der Waals surface area contributed by atoms with Crippen LogP contribution in [0.15, 0.2) is 24.3 Å². The minimum atomic E-state index is -0.911. The van der Waals surface area contributed by atoms with Gasteiger partial charge in [-0.05, 0) is 70.1 Å². The third-order valence-electron chi connectivity index (χ3n) is 3.27. The molecule has 1 unspecified atom stereocenters. The summed E-state index contributed by atoms with van der Waals surface area (Å²) in [6.07, 6.45) is 3.29. The molecule has 0 fully saturated rings. The van der Waals surface area contributed by atoms with Gasteiger partial charge in [0, 0.05) is 0 Å². The summed E-state index contributed by atoms with van der Waals surface area (Å²) >= 11 is 0. The van der Waals surface area contributed by atoms with E-state index in [0.29, 0.717) is 5.92 Å². The SMILES string of the molecule is CC(C)CC(CCCN(C)C)Oc1ccc(C(=O)O)cc1. The van der Waals surface area contributed by atoms with Crippen LogP contribution in [0.3, 0.4) is 0 Å². The maximum Gasteiger partial charge on any atom is 0.335 e. The van der Waals surface area contributed by atoms with Crippen molar-refractivity contribution in [2.45, 2.75) is 39.2 Å². The molecule has 1 aromatic rings. The quantitative estimate of drug-likeness (QED) is 0.757. The first-order valence-corrected chi connectivity index (χ1v) is 7.53. The van der Waals surface area contributed by atoms with Gasteiger partial charge in [0.25, 0.3) is 0 Å². The van der Waals surface area contributed by atoms with Gasteiger partial charge in [0.05, 0.1) is 11.7 Å². The van der Waals surface area contributed by atoms with Crippen LogP contribution in [0, 0.1) is 5.92 Å². The zero-order chi connectivity index (χ0) is 15.8. The van der Waals surface area contributed by atoms with Crippen LogP contribution in [-0.2, 0) is 0 Å². The van der Waals surface area contributed by atoms with E-state index in [4.69, 9.17) is 9.84 Å². The molecule has 0 aliphatic carbocycles. The fourth-order valence-electron chi connectivity index (χ4n) is 2.25. The Morgan fingerprint density at radius 3 is 2.33 bits per heavy atom. The molecule has 0 saturated heterocycles. The standard InChI is InChI=1S/C17H27NO3/c1-13(2)12-16(6-5-11-18(3)4)21-15-9-7-14(8-10-15)17(19)20/h7-10,13,16H,5-6,11-12H2,1-4H3,(H,19,20). The van der Waals surface area contributed by atoms with Gasteiger partial charge < -0.3 is 14.7 Å². The van der Waals surface area contributed by atoms with Crippen molar-refractivity contribution in [2.24, 2.45) is 5.92 Å². The number of rotatable bonds is 9. The van der Waals surface area contributed by atoms with Crippen molar-refractivity contribution in [3.05, 3.63) is 29.8 Å². The molecule has 1 N–H and O–H groups in total. The summed E-state index contributed by atoms with van der Waals surface area (Å²) in [6.45, 7) is 5.43. The zero-order valence-electron chi connectivity index (χ0n) is 13.5. The second kappa shape index (κ2) is 8.67. The van der Waals surface area contributed by atoms with E-state index in [9.17, 15) is 4.79 Å². The summed E-state index contributed by atoms with van der Waals surface area (Å²) in [5.74, 6) is 0.411. The molecule has 0 spiro atoms. The molecule has 0 aliphatic heterocycles. The highest BCUT2D eigenvalue weighted by atomic mass is 16.5. The van der Waals surface area contributed by atoms with E-state index >= 15 is 0 Å². The van der Waals surface area contributed by atoms with Gasteiger partial charge in [0.2, 0.25) is 0 Å². The topological polar surface area (TPSA) is 49.8 Å². The Balaban J connectivity index is 2.59. The zero-order valence-corrected chi connectivity index (χ0v) is 13.5. The molecule has 0 saturated carbocycles. The maximum absolute atomic E-state index is 10.8. The molecule has 0 bridgehead atoms. The predicted molar refractivity (Wildman–Crippen MR) is 85.1 cm³/mol. The average molecular weight is 293 g/mol. The van der Waals surface area contributed by atoms with E-state index in [2.05, 4.69) is 32.8 Å². The van der Waals surface area contributed by atoms with Crippen molar-refractivity contribution in [1.82, 2.24) is 4.90 Å². The molecule has 1 rings (SSSR count). The van der Waals surface area contributed by atoms with Crippen molar-refractivity contribution in [1.29, 1.82) is 0 Å². The number of benzene rings is 1. The van der Waals surface area contributed by atoms with Crippen molar-refractivity contribution in [3.8, 4) is 5.75 Å². The minimum Gasteiger partial charge on any atom is -0.490 e. The van der Waals surface area contributed by atoms with Crippen LogP contribution in [0.1, 0.15) is 43.5 Å². The van der Waals surface area contributed by atoms with E-state index < -0.39 is 5.97 Å². The first-order valence-electron chi connectivity index (χ1n) is 7.53. The smallest absolute Gasteiger partial charge is 0.335 e. The fourth-order valence-corrected chi connectivity index (χ4v) is 2.25. The number of hydrogen-bond acceptors (Lipinski definition) is 3. The van der Waals surface area contributed by atoms with Gasteiger partial charge in [0.15, 0.2) is 0 Å². The highest BCUT2D eigenvalue weighted by Crippen LogP contribution is 2.20. The second-order valence-electron chi connectivity index (χ2n) is 6.14. The van der Waals surface area contributed by atoms with Crippen LogP contribution in [0.2, 0.25) is 0 Å². The minimum absolute atomic E-state index is 0.181. The third-order valence-corrected chi connectivity index (χ3v) is 3.27. The molecule has 0 aliphatic rings. The molecule has 0 aromatic heterocycles. The molecule has 1 atom stereocenters. The van der Waals surface area contributed by atoms with Crippen molar-refractivity contribution in [2.75, 3.05) is 20.6 Å². The van der Waals surface area contributed by atoms with Crippen LogP contribution in [0.25, 0.3) is 0 Å². The highest BCUT2D eigenvalue weighted by Gasteiger charge is 2.13. The molecule has 4 nitrogen and oxygen atoms in total. The Labute approximate surface area is 127 Å². The van der Waals surface area contributed by atoms with E-state index in [1.807, 2.05) is 0 Å². The average Bonchev–Trinajstić information content (AvgIpc) is 2.38. The van der Waals surface area contributed by atoms with Crippen LogP contribution >= 0.6 is 0 Å². The van der Waals surface area contributed by atoms with Crippen molar-refractivity contribution in [3.63, 3.8) is 0 Å². The van der Waals surface area contributed by atoms with E-state index in [1.54, 1.807) is 24.3 Å². The molecular weight excluding hydrogens is 266 g/mol. The van der Waals surface area contributed by atoms with Crippen LogP contribution < -0.4 is 4.74 Å². The van der Waals surface area contributed by atoms with Gasteiger partial charge >= 0.3 is 5.97 Å². The largest absolute Gasteiger partial charge is 0.490 e. The maximum atomic E-state index is 10.8. The van der Waals surface area contributed by atoms with E-state index in [0.717, 1.165) is 31.6 Å². The molecule has 118 valence electrons. The first-order chi connectivity index (χ1) is 9.88. The second-order valence-corrected chi connectivity index (χ2v) is 6.14. The Kier molecular flexibility index (Phi) is 7.23.